The summed E-state index contributed by atoms with van der Waals surface area (Å²) in [7, 11) is 0. The zero-order valence-corrected chi connectivity index (χ0v) is 14.0. The number of H-pyrrole nitrogens is 1. The van der Waals surface area contributed by atoms with Crippen LogP contribution in [0.25, 0.3) is 11.2 Å². The molecular formula is C19H21FN4O. The molecule has 130 valence electrons. The molecule has 3 heterocycles. The topological polar surface area (TPSA) is 65.0 Å². The van der Waals surface area contributed by atoms with Gasteiger partial charge in [-0.15, -0.1) is 0 Å². The van der Waals surface area contributed by atoms with Crippen LogP contribution in [-0.4, -0.2) is 43.6 Å². The molecule has 25 heavy (non-hydrogen) atoms. The van der Waals surface area contributed by atoms with Crippen molar-refractivity contribution in [2.45, 2.75) is 31.4 Å². The Kier molecular flexibility index (Phi) is 4.23. The van der Waals surface area contributed by atoms with Gasteiger partial charge in [0.2, 0.25) is 0 Å². The summed E-state index contributed by atoms with van der Waals surface area (Å²) in [4.78, 5) is 14.1. The zero-order chi connectivity index (χ0) is 17.3. The number of aromatic nitrogens is 3. The van der Waals surface area contributed by atoms with Crippen LogP contribution in [-0.2, 0) is 13.0 Å². The van der Waals surface area contributed by atoms with Crippen LogP contribution in [0.5, 0.6) is 0 Å². The maximum Gasteiger partial charge on any atom is 0.156 e. The van der Waals surface area contributed by atoms with Gasteiger partial charge in [0.1, 0.15) is 11.3 Å². The molecule has 4 rings (SSSR count). The molecule has 0 aliphatic carbocycles. The van der Waals surface area contributed by atoms with Gasteiger partial charge in [0.15, 0.2) is 5.65 Å². The molecule has 0 saturated carbocycles. The van der Waals surface area contributed by atoms with Gasteiger partial charge in [-0.3, -0.25) is 9.88 Å². The summed E-state index contributed by atoms with van der Waals surface area (Å²) >= 11 is 0. The third-order valence-corrected chi connectivity index (χ3v) is 4.99. The van der Waals surface area contributed by atoms with Crippen LogP contribution < -0.4 is 0 Å². The summed E-state index contributed by atoms with van der Waals surface area (Å²) in [5.41, 5.74) is 2.92. The van der Waals surface area contributed by atoms with Gasteiger partial charge < -0.3 is 10.1 Å². The molecule has 1 fully saturated rings. The van der Waals surface area contributed by atoms with Gasteiger partial charge in [-0.25, -0.2) is 9.37 Å². The summed E-state index contributed by atoms with van der Waals surface area (Å²) < 4.78 is 13.3. The Morgan fingerprint density at radius 1 is 1.20 bits per heavy atom. The summed E-state index contributed by atoms with van der Waals surface area (Å²) in [6, 6.07) is 6.51. The first-order valence-electron chi connectivity index (χ1n) is 8.57. The quantitative estimate of drug-likeness (QED) is 0.766. The number of halogens is 1. The molecule has 0 spiro atoms. The van der Waals surface area contributed by atoms with E-state index in [1.54, 1.807) is 18.5 Å². The van der Waals surface area contributed by atoms with Crippen LogP contribution >= 0.6 is 0 Å². The van der Waals surface area contributed by atoms with Crippen LogP contribution in [0.15, 0.2) is 42.9 Å². The van der Waals surface area contributed by atoms with Gasteiger partial charge in [-0.2, -0.15) is 0 Å². The molecule has 0 amide bonds. The molecule has 0 unspecified atom stereocenters. The predicted molar refractivity (Wildman–Crippen MR) is 93.5 cm³/mol. The Morgan fingerprint density at radius 2 is 2.00 bits per heavy atom. The number of fused-ring (bicyclic) bond motifs is 1. The predicted octanol–water partition coefficient (Wildman–Crippen LogP) is 2.67. The van der Waals surface area contributed by atoms with Gasteiger partial charge in [0.25, 0.3) is 0 Å². The van der Waals surface area contributed by atoms with E-state index in [-0.39, 0.29) is 5.82 Å². The first-order chi connectivity index (χ1) is 12.1. The number of aromatic amines is 1. The largest absolute Gasteiger partial charge is 0.389 e. The zero-order valence-electron chi connectivity index (χ0n) is 14.0. The minimum Gasteiger partial charge on any atom is -0.389 e. The first kappa shape index (κ1) is 16.2. The van der Waals surface area contributed by atoms with E-state index in [9.17, 15) is 9.50 Å². The summed E-state index contributed by atoms with van der Waals surface area (Å²) in [6.07, 6.45) is 7.19. The number of nitrogens with zero attached hydrogens (tertiary/aromatic N) is 3. The Bertz CT molecular complexity index is 870. The molecule has 1 aromatic carbocycles. The third-order valence-electron chi connectivity index (χ3n) is 4.99. The van der Waals surface area contributed by atoms with Crippen LogP contribution in [0.2, 0.25) is 0 Å². The standard InChI is InChI=1S/C19H21FN4O/c20-16-3-1-2-14(10-16)11-19(25)4-8-24(9-5-19)13-15-12-23-18-17(15)21-6-7-22-18/h1-3,6-7,10,12,25H,4-5,8-9,11,13H2,(H,22,23). The van der Waals surface area contributed by atoms with Crippen molar-refractivity contribution in [3.63, 3.8) is 0 Å². The molecule has 6 heteroatoms. The molecule has 0 atom stereocenters. The second-order valence-electron chi connectivity index (χ2n) is 6.87. The fraction of sp³-hybridized carbons (Fsp3) is 0.368. The van der Waals surface area contributed by atoms with Gasteiger partial charge >= 0.3 is 0 Å². The van der Waals surface area contributed by atoms with Crippen molar-refractivity contribution in [2.24, 2.45) is 0 Å². The average Bonchev–Trinajstić information content (AvgIpc) is 3.00. The van der Waals surface area contributed by atoms with Crippen LogP contribution in [0.1, 0.15) is 24.0 Å². The number of hydrogen-bond donors (Lipinski definition) is 2. The molecule has 2 aromatic heterocycles. The molecule has 0 radical (unpaired) electrons. The number of hydrogen-bond acceptors (Lipinski definition) is 4. The fourth-order valence-electron chi connectivity index (χ4n) is 3.59. The second kappa shape index (κ2) is 6.54. The molecule has 5 nitrogen and oxygen atoms in total. The van der Waals surface area contributed by atoms with E-state index in [2.05, 4.69) is 19.9 Å². The van der Waals surface area contributed by atoms with Gasteiger partial charge in [-0.1, -0.05) is 12.1 Å². The van der Waals surface area contributed by atoms with Crippen molar-refractivity contribution in [1.29, 1.82) is 0 Å². The van der Waals surface area contributed by atoms with E-state index in [4.69, 9.17) is 0 Å². The SMILES string of the molecule is OC1(Cc2cccc(F)c2)CCN(Cc2c[nH]c3nccnc23)CC1. The van der Waals surface area contributed by atoms with E-state index in [0.717, 1.165) is 41.9 Å². The number of piperidine rings is 1. The maximum absolute atomic E-state index is 13.3. The Hall–Kier alpha value is -2.31. The lowest BCUT2D eigenvalue weighted by Crippen LogP contribution is -2.45. The molecule has 1 aliphatic heterocycles. The highest BCUT2D eigenvalue weighted by molar-refractivity contribution is 5.74. The Balaban J connectivity index is 1.39. The average molecular weight is 340 g/mol. The van der Waals surface area contributed by atoms with E-state index in [1.165, 1.54) is 12.1 Å². The van der Waals surface area contributed by atoms with Gasteiger partial charge in [0.05, 0.1) is 5.60 Å². The number of likely N-dealkylation sites (tertiary alicyclic amines) is 1. The van der Waals surface area contributed by atoms with E-state index in [0.29, 0.717) is 19.3 Å². The van der Waals surface area contributed by atoms with Crippen LogP contribution in [0.4, 0.5) is 4.39 Å². The van der Waals surface area contributed by atoms with Crippen molar-refractivity contribution >= 4 is 11.2 Å². The lowest BCUT2D eigenvalue weighted by Gasteiger charge is -2.38. The lowest BCUT2D eigenvalue weighted by atomic mass is 9.85. The highest BCUT2D eigenvalue weighted by Crippen LogP contribution is 2.28. The number of rotatable bonds is 4. The van der Waals surface area contributed by atoms with Crippen molar-refractivity contribution in [2.75, 3.05) is 13.1 Å². The van der Waals surface area contributed by atoms with Crippen molar-refractivity contribution in [3.8, 4) is 0 Å². The maximum atomic E-state index is 13.3. The van der Waals surface area contributed by atoms with Crippen molar-refractivity contribution < 1.29 is 9.50 Å². The van der Waals surface area contributed by atoms with Crippen molar-refractivity contribution in [1.82, 2.24) is 19.9 Å². The fourth-order valence-corrected chi connectivity index (χ4v) is 3.59. The van der Waals surface area contributed by atoms with E-state index < -0.39 is 5.60 Å². The Labute approximate surface area is 145 Å². The summed E-state index contributed by atoms with van der Waals surface area (Å²) in [5, 5.41) is 10.9. The van der Waals surface area contributed by atoms with Crippen LogP contribution in [0, 0.1) is 5.82 Å². The number of nitrogens with one attached hydrogen (secondary N) is 1. The van der Waals surface area contributed by atoms with Gasteiger partial charge in [0, 0.05) is 50.2 Å². The monoisotopic (exact) mass is 340 g/mol. The molecule has 0 bridgehead atoms. The minimum absolute atomic E-state index is 0.251. The lowest BCUT2D eigenvalue weighted by molar-refractivity contribution is -0.0224. The third kappa shape index (κ3) is 3.55. The highest BCUT2D eigenvalue weighted by atomic mass is 19.1. The van der Waals surface area contributed by atoms with Crippen molar-refractivity contribution in [3.05, 3.63) is 59.8 Å². The molecule has 3 aromatic rings. The van der Waals surface area contributed by atoms with Gasteiger partial charge in [-0.05, 0) is 30.5 Å². The molecule has 1 aliphatic rings. The summed E-state index contributed by atoms with van der Waals surface area (Å²) in [5.74, 6) is -0.251. The van der Waals surface area contributed by atoms with Crippen LogP contribution in [0.3, 0.4) is 0 Å². The van der Waals surface area contributed by atoms with E-state index in [1.807, 2.05) is 12.3 Å². The number of aliphatic hydroxyl groups is 1. The smallest absolute Gasteiger partial charge is 0.156 e. The minimum atomic E-state index is -0.760. The molecule has 2 N–H and O–H groups in total. The van der Waals surface area contributed by atoms with E-state index >= 15 is 0 Å². The number of benzene rings is 1. The Morgan fingerprint density at radius 3 is 2.80 bits per heavy atom. The molecular weight excluding hydrogens is 319 g/mol. The first-order valence-corrected chi connectivity index (χ1v) is 8.57. The normalized spacial score (nSPS) is 17.8. The molecule has 1 saturated heterocycles. The second-order valence-corrected chi connectivity index (χ2v) is 6.87. The summed E-state index contributed by atoms with van der Waals surface area (Å²) in [6.45, 7) is 2.40. The highest BCUT2D eigenvalue weighted by Gasteiger charge is 2.32.